The van der Waals surface area contributed by atoms with Gasteiger partial charge in [0.15, 0.2) is 0 Å². The van der Waals surface area contributed by atoms with Crippen molar-refractivity contribution in [3.63, 3.8) is 0 Å². The summed E-state index contributed by atoms with van der Waals surface area (Å²) in [6.07, 6.45) is 1.58. The van der Waals surface area contributed by atoms with Gasteiger partial charge in [-0.3, -0.25) is 4.98 Å². The molecule has 0 aliphatic heterocycles. The summed E-state index contributed by atoms with van der Waals surface area (Å²) in [4.78, 5) is 4.56. The SMILES string of the molecule is Cc1c(F)cc(CN)cc1S(=O)(=O)NCc1cncs1. The maximum atomic E-state index is 13.7. The van der Waals surface area contributed by atoms with E-state index >= 15 is 0 Å². The topological polar surface area (TPSA) is 85.1 Å². The second-order valence-corrected chi connectivity index (χ2v) is 6.90. The summed E-state index contributed by atoms with van der Waals surface area (Å²) in [6, 6.07) is 2.64. The Morgan fingerprint density at radius 2 is 2.20 bits per heavy atom. The summed E-state index contributed by atoms with van der Waals surface area (Å²) in [5.41, 5.74) is 7.58. The zero-order valence-corrected chi connectivity index (χ0v) is 12.4. The van der Waals surface area contributed by atoms with Crippen molar-refractivity contribution in [2.24, 2.45) is 5.73 Å². The van der Waals surface area contributed by atoms with Crippen LogP contribution in [0.3, 0.4) is 0 Å². The Labute approximate surface area is 120 Å². The number of nitrogens with zero attached hydrogens (tertiary/aromatic N) is 1. The van der Waals surface area contributed by atoms with E-state index in [0.717, 1.165) is 4.88 Å². The van der Waals surface area contributed by atoms with Crippen LogP contribution in [0.4, 0.5) is 4.39 Å². The van der Waals surface area contributed by atoms with Crippen LogP contribution in [0.15, 0.2) is 28.7 Å². The number of halogens is 1. The molecule has 0 aliphatic carbocycles. The van der Waals surface area contributed by atoms with Crippen LogP contribution in [0.5, 0.6) is 0 Å². The van der Waals surface area contributed by atoms with E-state index < -0.39 is 15.8 Å². The minimum atomic E-state index is -3.79. The lowest BCUT2D eigenvalue weighted by molar-refractivity contribution is 0.574. The van der Waals surface area contributed by atoms with Crippen molar-refractivity contribution in [2.75, 3.05) is 0 Å². The number of sulfonamides is 1. The first-order valence-electron chi connectivity index (χ1n) is 5.80. The molecule has 8 heteroatoms. The summed E-state index contributed by atoms with van der Waals surface area (Å²) in [5, 5.41) is 0. The predicted molar refractivity (Wildman–Crippen MR) is 75.2 cm³/mol. The number of thiazole rings is 1. The molecule has 1 heterocycles. The lowest BCUT2D eigenvalue weighted by Crippen LogP contribution is -2.24. The largest absolute Gasteiger partial charge is 0.326 e. The van der Waals surface area contributed by atoms with Crippen LogP contribution in [0.1, 0.15) is 16.0 Å². The fourth-order valence-electron chi connectivity index (χ4n) is 1.68. The van der Waals surface area contributed by atoms with Gasteiger partial charge in [-0.15, -0.1) is 11.3 Å². The quantitative estimate of drug-likeness (QED) is 0.876. The molecule has 0 atom stereocenters. The number of benzene rings is 1. The minimum absolute atomic E-state index is 0.0779. The van der Waals surface area contributed by atoms with Gasteiger partial charge in [-0.2, -0.15) is 0 Å². The summed E-state index contributed by atoms with van der Waals surface area (Å²) >= 11 is 1.34. The molecule has 0 unspecified atom stereocenters. The molecule has 0 amide bonds. The van der Waals surface area contributed by atoms with Gasteiger partial charge in [0.25, 0.3) is 0 Å². The van der Waals surface area contributed by atoms with Gasteiger partial charge in [0.05, 0.1) is 10.4 Å². The molecule has 20 heavy (non-hydrogen) atoms. The normalized spacial score (nSPS) is 11.8. The Bertz CT molecular complexity index is 700. The molecule has 3 N–H and O–H groups in total. The highest BCUT2D eigenvalue weighted by molar-refractivity contribution is 7.89. The van der Waals surface area contributed by atoms with Crippen LogP contribution >= 0.6 is 11.3 Å². The van der Waals surface area contributed by atoms with Gasteiger partial charge >= 0.3 is 0 Å². The summed E-state index contributed by atoms with van der Waals surface area (Å²) in [6.45, 7) is 1.63. The Hall–Kier alpha value is -1.35. The molecule has 0 fully saturated rings. The summed E-state index contributed by atoms with van der Waals surface area (Å²) < 4.78 is 40.6. The molecule has 0 spiro atoms. The van der Waals surface area contributed by atoms with Gasteiger partial charge in [0, 0.05) is 29.7 Å². The molecule has 5 nitrogen and oxygen atoms in total. The molecule has 0 bridgehead atoms. The van der Waals surface area contributed by atoms with Gasteiger partial charge in [-0.05, 0) is 24.6 Å². The van der Waals surface area contributed by atoms with Crippen LogP contribution in [0.25, 0.3) is 0 Å². The second-order valence-electron chi connectivity index (χ2n) is 4.20. The maximum absolute atomic E-state index is 13.7. The van der Waals surface area contributed by atoms with E-state index in [1.54, 1.807) is 11.7 Å². The van der Waals surface area contributed by atoms with Crippen LogP contribution < -0.4 is 10.5 Å². The Kier molecular flexibility index (Phi) is 4.48. The van der Waals surface area contributed by atoms with Gasteiger partial charge in [0.2, 0.25) is 10.0 Å². The number of hydrogen-bond donors (Lipinski definition) is 2. The molecule has 2 aromatic rings. The predicted octanol–water partition coefficient (Wildman–Crippen LogP) is 1.53. The van der Waals surface area contributed by atoms with Crippen LogP contribution in [-0.2, 0) is 23.1 Å². The van der Waals surface area contributed by atoms with Crippen molar-refractivity contribution < 1.29 is 12.8 Å². The van der Waals surface area contributed by atoms with Gasteiger partial charge in [-0.1, -0.05) is 0 Å². The number of aromatic nitrogens is 1. The van der Waals surface area contributed by atoms with Crippen molar-refractivity contribution in [3.8, 4) is 0 Å². The summed E-state index contributed by atoms with van der Waals surface area (Å²) in [7, 11) is -3.79. The number of hydrogen-bond acceptors (Lipinski definition) is 5. The van der Waals surface area contributed by atoms with Gasteiger partial charge in [-0.25, -0.2) is 17.5 Å². The third-order valence-corrected chi connectivity index (χ3v) is 5.11. The molecule has 0 saturated carbocycles. The Morgan fingerprint density at radius 1 is 1.45 bits per heavy atom. The molecule has 108 valence electrons. The van der Waals surface area contributed by atoms with E-state index in [1.807, 2.05) is 0 Å². The lowest BCUT2D eigenvalue weighted by Gasteiger charge is -2.11. The van der Waals surface area contributed by atoms with Gasteiger partial charge in [0.1, 0.15) is 5.82 Å². The van der Waals surface area contributed by atoms with E-state index in [1.165, 1.54) is 30.4 Å². The zero-order chi connectivity index (χ0) is 14.8. The van der Waals surface area contributed by atoms with Crippen molar-refractivity contribution >= 4 is 21.4 Å². The molecule has 1 aromatic heterocycles. The molecule has 2 rings (SSSR count). The van der Waals surface area contributed by atoms with Crippen molar-refractivity contribution in [3.05, 3.63) is 45.7 Å². The fourth-order valence-corrected chi connectivity index (χ4v) is 3.61. The molecule has 0 aliphatic rings. The zero-order valence-electron chi connectivity index (χ0n) is 10.8. The smallest absolute Gasteiger partial charge is 0.241 e. The highest BCUT2D eigenvalue weighted by Gasteiger charge is 2.20. The third kappa shape index (κ3) is 3.21. The van der Waals surface area contributed by atoms with Crippen LogP contribution in [0.2, 0.25) is 0 Å². The number of nitrogens with one attached hydrogen (secondary N) is 1. The number of rotatable bonds is 5. The maximum Gasteiger partial charge on any atom is 0.241 e. The minimum Gasteiger partial charge on any atom is -0.326 e. The van der Waals surface area contributed by atoms with E-state index in [2.05, 4.69) is 9.71 Å². The molecule has 0 radical (unpaired) electrons. The Balaban J connectivity index is 2.31. The lowest BCUT2D eigenvalue weighted by atomic mass is 10.1. The standard InChI is InChI=1S/C12H14FN3O2S2/c1-8-11(13)2-9(4-14)3-12(8)20(17,18)16-6-10-5-15-7-19-10/h2-3,5,7,16H,4,6,14H2,1H3. The van der Waals surface area contributed by atoms with Crippen molar-refractivity contribution in [2.45, 2.75) is 24.9 Å². The van der Waals surface area contributed by atoms with Gasteiger partial charge < -0.3 is 5.73 Å². The molecule has 0 saturated heterocycles. The third-order valence-electron chi connectivity index (χ3n) is 2.80. The van der Waals surface area contributed by atoms with E-state index in [0.29, 0.717) is 5.56 Å². The molecule has 1 aromatic carbocycles. The first kappa shape index (κ1) is 15.0. The highest BCUT2D eigenvalue weighted by Crippen LogP contribution is 2.21. The molecular weight excluding hydrogens is 301 g/mol. The first-order chi connectivity index (χ1) is 9.44. The number of nitrogens with two attached hydrogens (primary N) is 1. The van der Waals surface area contributed by atoms with Crippen molar-refractivity contribution in [1.82, 2.24) is 9.71 Å². The average Bonchev–Trinajstić information content (AvgIpc) is 2.92. The summed E-state index contributed by atoms with van der Waals surface area (Å²) in [5.74, 6) is -0.578. The average molecular weight is 315 g/mol. The van der Waals surface area contributed by atoms with Crippen LogP contribution in [-0.4, -0.2) is 13.4 Å². The monoisotopic (exact) mass is 315 g/mol. The Morgan fingerprint density at radius 3 is 2.80 bits per heavy atom. The first-order valence-corrected chi connectivity index (χ1v) is 8.16. The van der Waals surface area contributed by atoms with Crippen LogP contribution in [0, 0.1) is 12.7 Å². The molecular formula is C12H14FN3O2S2. The second kappa shape index (κ2) is 5.96. The van der Waals surface area contributed by atoms with E-state index in [-0.39, 0.29) is 23.5 Å². The fraction of sp³-hybridized carbons (Fsp3) is 0.250. The highest BCUT2D eigenvalue weighted by atomic mass is 32.2. The van der Waals surface area contributed by atoms with E-state index in [9.17, 15) is 12.8 Å². The van der Waals surface area contributed by atoms with E-state index in [4.69, 9.17) is 5.73 Å². The van der Waals surface area contributed by atoms with Crippen molar-refractivity contribution in [1.29, 1.82) is 0 Å².